The molecule has 0 radical (unpaired) electrons. The third-order valence-electron chi connectivity index (χ3n) is 3.44. The van der Waals surface area contributed by atoms with Gasteiger partial charge in [-0.2, -0.15) is 0 Å². The van der Waals surface area contributed by atoms with E-state index in [4.69, 9.17) is 22.1 Å². The monoisotopic (exact) mass is 364 g/mol. The molecule has 1 atom stereocenters. The molecule has 25 heavy (non-hydrogen) atoms. The Labute approximate surface area is 149 Å². The zero-order valence-corrected chi connectivity index (χ0v) is 14.5. The fourth-order valence-corrected chi connectivity index (χ4v) is 2.28. The lowest BCUT2D eigenvalue weighted by Crippen LogP contribution is -2.37. The van der Waals surface area contributed by atoms with Crippen molar-refractivity contribution in [1.82, 2.24) is 0 Å². The molecule has 7 heteroatoms. The summed E-state index contributed by atoms with van der Waals surface area (Å²) in [5, 5.41) is 3.17. The van der Waals surface area contributed by atoms with Gasteiger partial charge < -0.3 is 15.8 Å². The molecule has 0 aliphatic carbocycles. The molecule has 0 fully saturated rings. The van der Waals surface area contributed by atoms with Crippen LogP contribution >= 0.6 is 11.6 Å². The average molecular weight is 365 g/mol. The van der Waals surface area contributed by atoms with Crippen LogP contribution in [0.1, 0.15) is 24.2 Å². The summed E-state index contributed by atoms with van der Waals surface area (Å²) in [6.07, 6.45) is -0.789. The van der Waals surface area contributed by atoms with Crippen LogP contribution in [0.3, 0.4) is 0 Å². The maximum Gasteiger partial charge on any atom is 0.265 e. The number of carbonyl (C=O) groups excluding carboxylic acids is 2. The highest BCUT2D eigenvalue weighted by Gasteiger charge is 2.25. The predicted octanol–water partition coefficient (Wildman–Crippen LogP) is 3.62. The molecule has 0 bridgehead atoms. The van der Waals surface area contributed by atoms with E-state index in [9.17, 15) is 14.0 Å². The molecular formula is C18H18ClFN2O3. The Hall–Kier alpha value is -2.60. The molecule has 2 aromatic rings. The third-order valence-corrected chi connectivity index (χ3v) is 3.69. The predicted molar refractivity (Wildman–Crippen MR) is 94.3 cm³/mol. The second kappa shape index (κ2) is 7.98. The summed E-state index contributed by atoms with van der Waals surface area (Å²) < 4.78 is 19.2. The van der Waals surface area contributed by atoms with Gasteiger partial charge >= 0.3 is 0 Å². The van der Waals surface area contributed by atoms with Crippen molar-refractivity contribution in [2.24, 2.45) is 11.7 Å². The quantitative estimate of drug-likeness (QED) is 0.821. The highest BCUT2D eigenvalue weighted by molar-refractivity contribution is 6.30. The van der Waals surface area contributed by atoms with Gasteiger partial charge in [0.25, 0.3) is 11.8 Å². The minimum atomic E-state index is -0.911. The number of hydrogen-bond acceptors (Lipinski definition) is 3. The molecule has 0 saturated carbocycles. The number of nitrogens with two attached hydrogens (primary N) is 1. The number of anilines is 1. The molecule has 2 rings (SSSR count). The number of carbonyl (C=O) groups is 2. The first-order valence-corrected chi connectivity index (χ1v) is 7.98. The van der Waals surface area contributed by atoms with Crippen molar-refractivity contribution in [2.75, 3.05) is 5.32 Å². The topological polar surface area (TPSA) is 81.4 Å². The van der Waals surface area contributed by atoms with E-state index in [2.05, 4.69) is 5.32 Å². The smallest absolute Gasteiger partial charge is 0.265 e. The Morgan fingerprint density at radius 2 is 1.80 bits per heavy atom. The molecule has 2 amide bonds. The fourth-order valence-electron chi connectivity index (χ4n) is 2.16. The minimum Gasteiger partial charge on any atom is -0.480 e. The molecule has 3 N–H and O–H groups in total. The number of halogens is 2. The number of rotatable bonds is 6. The van der Waals surface area contributed by atoms with Crippen LogP contribution in [-0.2, 0) is 4.79 Å². The summed E-state index contributed by atoms with van der Waals surface area (Å²) >= 11 is 5.83. The Balaban J connectivity index is 2.16. The van der Waals surface area contributed by atoms with Crippen molar-refractivity contribution in [3.05, 3.63) is 58.9 Å². The molecular weight excluding hydrogens is 347 g/mol. The highest BCUT2D eigenvalue weighted by Crippen LogP contribution is 2.21. The van der Waals surface area contributed by atoms with Gasteiger partial charge in [-0.3, -0.25) is 9.59 Å². The average Bonchev–Trinajstić information content (AvgIpc) is 2.55. The highest BCUT2D eigenvalue weighted by atomic mass is 35.5. The van der Waals surface area contributed by atoms with E-state index in [0.29, 0.717) is 10.8 Å². The Bertz CT molecular complexity index is 778. The molecule has 0 aliphatic rings. The molecule has 5 nitrogen and oxygen atoms in total. The summed E-state index contributed by atoms with van der Waals surface area (Å²) in [4.78, 5) is 23.7. The van der Waals surface area contributed by atoms with E-state index in [1.54, 1.807) is 24.3 Å². The van der Waals surface area contributed by atoms with Crippen molar-refractivity contribution in [3.63, 3.8) is 0 Å². The van der Waals surface area contributed by atoms with E-state index >= 15 is 0 Å². The first-order valence-electron chi connectivity index (χ1n) is 7.60. The molecule has 0 aliphatic heterocycles. The summed E-state index contributed by atoms with van der Waals surface area (Å²) in [7, 11) is 0. The number of hydrogen-bond donors (Lipinski definition) is 2. The van der Waals surface area contributed by atoms with Gasteiger partial charge in [0.15, 0.2) is 6.10 Å². The van der Waals surface area contributed by atoms with Gasteiger partial charge in [0.1, 0.15) is 11.6 Å². The van der Waals surface area contributed by atoms with Crippen molar-refractivity contribution in [1.29, 1.82) is 0 Å². The first-order chi connectivity index (χ1) is 11.8. The van der Waals surface area contributed by atoms with Crippen LogP contribution in [0.25, 0.3) is 0 Å². The molecule has 0 aromatic heterocycles. The lowest BCUT2D eigenvalue weighted by atomic mass is 10.1. The second-order valence-electron chi connectivity index (χ2n) is 5.78. The summed E-state index contributed by atoms with van der Waals surface area (Å²) in [5.41, 5.74) is 5.07. The van der Waals surface area contributed by atoms with Crippen LogP contribution in [0.15, 0.2) is 42.5 Å². The van der Waals surface area contributed by atoms with Crippen LogP contribution in [0.4, 0.5) is 10.1 Å². The number of benzene rings is 2. The summed E-state index contributed by atoms with van der Waals surface area (Å²) in [6.45, 7) is 3.67. The van der Waals surface area contributed by atoms with Gasteiger partial charge in [-0.25, -0.2) is 4.39 Å². The van der Waals surface area contributed by atoms with Gasteiger partial charge in [0, 0.05) is 10.7 Å². The van der Waals surface area contributed by atoms with Gasteiger partial charge in [-0.05, 0) is 48.4 Å². The van der Waals surface area contributed by atoms with E-state index < -0.39 is 23.7 Å². The normalized spacial score (nSPS) is 11.9. The van der Waals surface area contributed by atoms with Crippen molar-refractivity contribution in [3.8, 4) is 5.75 Å². The molecule has 1 unspecified atom stereocenters. The van der Waals surface area contributed by atoms with E-state index in [1.807, 2.05) is 13.8 Å². The molecule has 0 heterocycles. The minimum absolute atomic E-state index is 0.133. The number of amides is 2. The Morgan fingerprint density at radius 3 is 2.36 bits per heavy atom. The maximum absolute atomic E-state index is 13.5. The Kier molecular flexibility index (Phi) is 5.98. The Morgan fingerprint density at radius 1 is 1.16 bits per heavy atom. The number of primary amides is 1. The van der Waals surface area contributed by atoms with Gasteiger partial charge in [-0.15, -0.1) is 0 Å². The van der Waals surface area contributed by atoms with Crippen molar-refractivity contribution >= 4 is 29.1 Å². The zero-order chi connectivity index (χ0) is 18.6. The van der Waals surface area contributed by atoms with Gasteiger partial charge in [0.05, 0.1) is 5.56 Å². The van der Waals surface area contributed by atoms with E-state index in [1.165, 1.54) is 12.1 Å². The number of ether oxygens (including phenoxy) is 1. The van der Waals surface area contributed by atoms with Crippen LogP contribution in [-0.4, -0.2) is 17.9 Å². The van der Waals surface area contributed by atoms with Crippen LogP contribution in [0, 0.1) is 11.7 Å². The van der Waals surface area contributed by atoms with Crippen molar-refractivity contribution < 1.29 is 18.7 Å². The molecule has 0 spiro atoms. The second-order valence-corrected chi connectivity index (χ2v) is 6.22. The SMILES string of the molecule is CC(C)C(Oc1ccc(Cl)cc1)C(=O)Nc1ccc(F)c(C(N)=O)c1. The van der Waals surface area contributed by atoms with E-state index in [-0.39, 0.29) is 17.2 Å². The molecule has 0 saturated heterocycles. The third kappa shape index (κ3) is 4.93. The largest absolute Gasteiger partial charge is 0.480 e. The summed E-state index contributed by atoms with van der Waals surface area (Å²) in [5.74, 6) is -1.72. The summed E-state index contributed by atoms with van der Waals surface area (Å²) in [6, 6.07) is 10.2. The maximum atomic E-state index is 13.5. The molecule has 2 aromatic carbocycles. The lowest BCUT2D eigenvalue weighted by molar-refractivity contribution is -0.124. The lowest BCUT2D eigenvalue weighted by Gasteiger charge is -2.22. The van der Waals surface area contributed by atoms with Gasteiger partial charge in [-0.1, -0.05) is 25.4 Å². The standard InChI is InChI=1S/C18H18ClFN2O3/c1-10(2)16(25-13-6-3-11(19)4-7-13)18(24)22-12-5-8-15(20)14(9-12)17(21)23/h3-10,16H,1-2H3,(H2,21,23)(H,22,24). The van der Waals surface area contributed by atoms with Crippen LogP contribution in [0.5, 0.6) is 5.75 Å². The zero-order valence-electron chi connectivity index (χ0n) is 13.8. The van der Waals surface area contributed by atoms with E-state index in [0.717, 1.165) is 6.07 Å². The molecule has 132 valence electrons. The van der Waals surface area contributed by atoms with Gasteiger partial charge in [0.2, 0.25) is 0 Å². The first kappa shape index (κ1) is 18.7. The fraction of sp³-hybridized carbons (Fsp3) is 0.222. The van der Waals surface area contributed by atoms with Crippen LogP contribution in [0.2, 0.25) is 5.02 Å². The van der Waals surface area contributed by atoms with Crippen molar-refractivity contribution in [2.45, 2.75) is 20.0 Å². The number of nitrogens with one attached hydrogen (secondary N) is 1. The van der Waals surface area contributed by atoms with Crippen LogP contribution < -0.4 is 15.8 Å².